The van der Waals surface area contributed by atoms with Crippen molar-refractivity contribution < 1.29 is 4.79 Å². The second-order valence-electron chi connectivity index (χ2n) is 4.71. The number of amides is 1. The molecule has 1 aromatic carbocycles. The number of carbonyl (C=O) groups excluding carboxylic acids is 1. The average molecular weight is 264 g/mol. The van der Waals surface area contributed by atoms with Crippen LogP contribution in [-0.2, 0) is 11.2 Å². The molecule has 1 unspecified atom stereocenters. The molecule has 3 rings (SSSR count). The summed E-state index contributed by atoms with van der Waals surface area (Å²) in [6, 6.07) is 7.92. The molecule has 0 fully saturated rings. The maximum absolute atomic E-state index is 11.7. The molecule has 1 aliphatic rings. The first-order valence-electron chi connectivity index (χ1n) is 6.25. The number of fused-ring (bicyclic) bond motifs is 1. The molecule has 0 radical (unpaired) electrons. The SMILES string of the molecule is CN1C(=O)Cc2cc(C(C#N)c3cnccn3)ccc21. The van der Waals surface area contributed by atoms with E-state index < -0.39 is 5.92 Å². The molecule has 0 aliphatic carbocycles. The van der Waals surface area contributed by atoms with Gasteiger partial charge in [-0.05, 0) is 17.2 Å². The zero-order valence-electron chi connectivity index (χ0n) is 10.9. The van der Waals surface area contributed by atoms with E-state index >= 15 is 0 Å². The Morgan fingerprint density at radius 2 is 2.25 bits per heavy atom. The van der Waals surface area contributed by atoms with Crippen LogP contribution >= 0.6 is 0 Å². The van der Waals surface area contributed by atoms with Gasteiger partial charge in [0.1, 0.15) is 5.92 Å². The first kappa shape index (κ1) is 12.3. The van der Waals surface area contributed by atoms with Crippen molar-refractivity contribution in [1.82, 2.24) is 9.97 Å². The third kappa shape index (κ3) is 1.91. The van der Waals surface area contributed by atoms with Gasteiger partial charge in [-0.3, -0.25) is 14.8 Å². The van der Waals surface area contributed by atoms with Crippen LogP contribution in [0, 0.1) is 11.3 Å². The quantitative estimate of drug-likeness (QED) is 0.827. The fraction of sp³-hybridized carbons (Fsp3) is 0.200. The van der Waals surface area contributed by atoms with Gasteiger partial charge in [0.25, 0.3) is 0 Å². The van der Waals surface area contributed by atoms with Gasteiger partial charge in [-0.25, -0.2) is 0 Å². The third-order valence-electron chi connectivity index (χ3n) is 3.52. The highest BCUT2D eigenvalue weighted by Gasteiger charge is 2.25. The van der Waals surface area contributed by atoms with Gasteiger partial charge in [-0.1, -0.05) is 12.1 Å². The number of hydrogen-bond donors (Lipinski definition) is 0. The van der Waals surface area contributed by atoms with Gasteiger partial charge in [0.15, 0.2) is 0 Å². The fourth-order valence-corrected chi connectivity index (χ4v) is 2.44. The molecule has 5 heteroatoms. The van der Waals surface area contributed by atoms with E-state index in [0.29, 0.717) is 12.1 Å². The number of carbonyl (C=O) groups is 1. The van der Waals surface area contributed by atoms with Crippen molar-refractivity contribution in [2.24, 2.45) is 0 Å². The van der Waals surface area contributed by atoms with Crippen LogP contribution in [0.5, 0.6) is 0 Å². The summed E-state index contributed by atoms with van der Waals surface area (Å²) in [5.41, 5.74) is 3.33. The maximum atomic E-state index is 11.7. The first-order chi connectivity index (χ1) is 9.70. The number of hydrogen-bond acceptors (Lipinski definition) is 4. The summed E-state index contributed by atoms with van der Waals surface area (Å²) < 4.78 is 0. The Bertz CT molecular complexity index is 706. The molecule has 0 bridgehead atoms. The van der Waals surface area contributed by atoms with Crippen molar-refractivity contribution >= 4 is 11.6 Å². The van der Waals surface area contributed by atoms with Gasteiger partial charge in [-0.15, -0.1) is 0 Å². The zero-order valence-corrected chi connectivity index (χ0v) is 10.9. The molecule has 1 aromatic heterocycles. The monoisotopic (exact) mass is 264 g/mol. The second kappa shape index (κ2) is 4.74. The van der Waals surface area contributed by atoms with Crippen molar-refractivity contribution in [3.8, 4) is 6.07 Å². The minimum atomic E-state index is -0.463. The third-order valence-corrected chi connectivity index (χ3v) is 3.52. The number of aromatic nitrogens is 2. The highest BCUT2D eigenvalue weighted by Crippen LogP contribution is 2.32. The predicted molar refractivity (Wildman–Crippen MR) is 73.0 cm³/mol. The number of benzene rings is 1. The molecule has 0 saturated heterocycles. The van der Waals surface area contributed by atoms with Crippen molar-refractivity contribution in [1.29, 1.82) is 5.26 Å². The number of nitrogens with zero attached hydrogens (tertiary/aromatic N) is 4. The highest BCUT2D eigenvalue weighted by molar-refractivity contribution is 6.00. The topological polar surface area (TPSA) is 69.9 Å². The summed E-state index contributed by atoms with van der Waals surface area (Å²) in [5, 5.41) is 9.39. The smallest absolute Gasteiger partial charge is 0.231 e. The normalized spacial score (nSPS) is 14.8. The molecule has 1 aliphatic heterocycles. The fourth-order valence-electron chi connectivity index (χ4n) is 2.44. The zero-order chi connectivity index (χ0) is 14.1. The minimum Gasteiger partial charge on any atom is -0.315 e. The van der Waals surface area contributed by atoms with Gasteiger partial charge in [-0.2, -0.15) is 5.26 Å². The van der Waals surface area contributed by atoms with Crippen LogP contribution in [0.15, 0.2) is 36.8 Å². The lowest BCUT2D eigenvalue weighted by Crippen LogP contribution is -2.20. The standard InChI is InChI=1S/C15H12N4O/c1-19-14-3-2-10(6-11(14)7-15(19)20)12(8-16)13-9-17-4-5-18-13/h2-6,9,12H,7H2,1H3. The first-order valence-corrected chi connectivity index (χ1v) is 6.25. The Balaban J connectivity index is 2.02. The largest absolute Gasteiger partial charge is 0.315 e. The maximum Gasteiger partial charge on any atom is 0.231 e. The molecule has 20 heavy (non-hydrogen) atoms. The Labute approximate surface area is 116 Å². The average Bonchev–Trinajstić information content (AvgIpc) is 2.76. The molecule has 0 N–H and O–H groups in total. The molecule has 1 amide bonds. The van der Waals surface area contributed by atoms with E-state index in [1.165, 1.54) is 0 Å². The lowest BCUT2D eigenvalue weighted by Gasteiger charge is -2.12. The molecule has 2 aromatic rings. The van der Waals surface area contributed by atoms with Gasteiger partial charge in [0.05, 0.1) is 24.4 Å². The van der Waals surface area contributed by atoms with E-state index in [9.17, 15) is 10.1 Å². The Morgan fingerprint density at radius 1 is 1.40 bits per heavy atom. The summed E-state index contributed by atoms with van der Waals surface area (Å²) in [5.74, 6) is -0.389. The molecule has 98 valence electrons. The molecular weight excluding hydrogens is 252 g/mol. The Hall–Kier alpha value is -2.74. The van der Waals surface area contributed by atoms with Crippen LogP contribution < -0.4 is 4.90 Å². The molecule has 2 heterocycles. The van der Waals surface area contributed by atoms with Crippen molar-refractivity contribution in [3.63, 3.8) is 0 Å². The van der Waals surface area contributed by atoms with Crippen LogP contribution in [0.2, 0.25) is 0 Å². The molecule has 0 saturated carbocycles. The van der Waals surface area contributed by atoms with Crippen LogP contribution in [0.4, 0.5) is 5.69 Å². The molecule has 5 nitrogen and oxygen atoms in total. The summed E-state index contributed by atoms with van der Waals surface area (Å²) in [4.78, 5) is 21.5. The predicted octanol–water partition coefficient (Wildman–Crippen LogP) is 1.65. The Kier molecular flexibility index (Phi) is 2.92. The summed E-state index contributed by atoms with van der Waals surface area (Å²) in [6.07, 6.45) is 5.13. The highest BCUT2D eigenvalue weighted by atomic mass is 16.2. The van der Waals surface area contributed by atoms with E-state index in [1.807, 2.05) is 18.2 Å². The molecule has 1 atom stereocenters. The van der Waals surface area contributed by atoms with Crippen molar-refractivity contribution in [2.75, 3.05) is 11.9 Å². The van der Waals surface area contributed by atoms with E-state index in [1.54, 1.807) is 30.5 Å². The van der Waals surface area contributed by atoms with E-state index in [0.717, 1.165) is 16.8 Å². The van der Waals surface area contributed by atoms with Gasteiger partial charge in [0.2, 0.25) is 5.91 Å². The molecular formula is C15H12N4O. The van der Waals surface area contributed by atoms with Gasteiger partial charge < -0.3 is 4.90 Å². The summed E-state index contributed by atoms with van der Waals surface area (Å²) >= 11 is 0. The molecule has 0 spiro atoms. The lowest BCUT2D eigenvalue weighted by molar-refractivity contribution is -0.117. The number of rotatable bonds is 2. The van der Waals surface area contributed by atoms with E-state index in [2.05, 4.69) is 16.0 Å². The van der Waals surface area contributed by atoms with Gasteiger partial charge in [0, 0.05) is 25.1 Å². The van der Waals surface area contributed by atoms with Crippen molar-refractivity contribution in [3.05, 3.63) is 53.6 Å². The second-order valence-corrected chi connectivity index (χ2v) is 4.71. The van der Waals surface area contributed by atoms with Crippen LogP contribution in [0.1, 0.15) is 22.7 Å². The van der Waals surface area contributed by atoms with Crippen LogP contribution in [0.25, 0.3) is 0 Å². The Morgan fingerprint density at radius 3 is 2.95 bits per heavy atom. The number of anilines is 1. The lowest BCUT2D eigenvalue weighted by atomic mass is 9.95. The number of nitriles is 1. The van der Waals surface area contributed by atoms with Crippen LogP contribution in [-0.4, -0.2) is 22.9 Å². The summed E-state index contributed by atoms with van der Waals surface area (Å²) in [7, 11) is 1.76. The van der Waals surface area contributed by atoms with Crippen LogP contribution in [0.3, 0.4) is 0 Å². The van der Waals surface area contributed by atoms with Crippen molar-refractivity contribution in [2.45, 2.75) is 12.3 Å². The van der Waals surface area contributed by atoms with Gasteiger partial charge >= 0.3 is 0 Å². The minimum absolute atomic E-state index is 0.0742. The summed E-state index contributed by atoms with van der Waals surface area (Å²) in [6.45, 7) is 0. The van der Waals surface area contributed by atoms with E-state index in [4.69, 9.17) is 0 Å². The van der Waals surface area contributed by atoms with E-state index in [-0.39, 0.29) is 5.91 Å². The number of likely N-dealkylation sites (N-methyl/N-ethyl adjacent to an activating group) is 1.